The Bertz CT molecular complexity index is 473. The van der Waals surface area contributed by atoms with E-state index < -0.39 is 0 Å². The number of aromatic nitrogens is 1. The van der Waals surface area contributed by atoms with Gasteiger partial charge < -0.3 is 10.2 Å². The number of carbonyl (C=O) groups is 1. The van der Waals surface area contributed by atoms with Crippen molar-refractivity contribution in [1.29, 1.82) is 0 Å². The largest absolute Gasteiger partial charge is 0.329 e. The molecule has 1 aromatic heterocycles. The van der Waals surface area contributed by atoms with E-state index >= 15 is 0 Å². The SMILES string of the molecule is CC[C@H](NC(=O)N1CCSC(C)(C)C1)c1ncc(C)s1. The third-order valence-electron chi connectivity index (χ3n) is 3.36. The highest BCUT2D eigenvalue weighted by atomic mass is 32.2. The highest BCUT2D eigenvalue weighted by Gasteiger charge is 2.30. The van der Waals surface area contributed by atoms with Gasteiger partial charge in [0.1, 0.15) is 5.01 Å². The van der Waals surface area contributed by atoms with Crippen molar-refractivity contribution in [2.75, 3.05) is 18.8 Å². The number of nitrogens with zero attached hydrogens (tertiary/aromatic N) is 2. The molecule has 0 unspecified atom stereocenters. The fourth-order valence-electron chi connectivity index (χ4n) is 2.30. The first kappa shape index (κ1) is 15.6. The fraction of sp³-hybridized carbons (Fsp3) is 0.714. The minimum Gasteiger partial charge on any atom is -0.329 e. The van der Waals surface area contributed by atoms with E-state index in [9.17, 15) is 4.79 Å². The zero-order chi connectivity index (χ0) is 14.8. The Hall–Kier alpha value is -0.750. The van der Waals surface area contributed by atoms with Crippen LogP contribution in [0.4, 0.5) is 4.79 Å². The molecule has 0 radical (unpaired) electrons. The van der Waals surface area contributed by atoms with Crippen LogP contribution in [0.3, 0.4) is 0 Å². The van der Waals surface area contributed by atoms with Crippen molar-refractivity contribution in [2.45, 2.75) is 44.9 Å². The van der Waals surface area contributed by atoms with Gasteiger partial charge in [-0.3, -0.25) is 0 Å². The summed E-state index contributed by atoms with van der Waals surface area (Å²) in [6.07, 6.45) is 2.74. The Balaban J connectivity index is 1.99. The Morgan fingerprint density at radius 3 is 2.90 bits per heavy atom. The summed E-state index contributed by atoms with van der Waals surface area (Å²) >= 11 is 3.59. The van der Waals surface area contributed by atoms with E-state index in [0.29, 0.717) is 0 Å². The lowest BCUT2D eigenvalue weighted by molar-refractivity contribution is 0.190. The number of hydrogen-bond acceptors (Lipinski definition) is 4. The smallest absolute Gasteiger partial charge is 0.318 e. The van der Waals surface area contributed by atoms with E-state index in [1.165, 1.54) is 4.88 Å². The third-order valence-corrected chi connectivity index (χ3v) is 5.68. The number of carbonyl (C=O) groups excluding carboxylic acids is 1. The number of amides is 2. The molecule has 20 heavy (non-hydrogen) atoms. The molecule has 2 rings (SSSR count). The first-order valence-electron chi connectivity index (χ1n) is 7.03. The normalized spacial score (nSPS) is 19.7. The maximum Gasteiger partial charge on any atom is 0.318 e. The van der Waals surface area contributed by atoms with Gasteiger partial charge in [0.05, 0.1) is 6.04 Å². The van der Waals surface area contributed by atoms with Crippen molar-refractivity contribution < 1.29 is 4.79 Å². The first-order chi connectivity index (χ1) is 9.41. The highest BCUT2D eigenvalue weighted by Crippen LogP contribution is 2.30. The van der Waals surface area contributed by atoms with Crippen LogP contribution >= 0.6 is 23.1 Å². The van der Waals surface area contributed by atoms with Crippen LogP contribution in [0, 0.1) is 6.92 Å². The lowest BCUT2D eigenvalue weighted by atomic mass is 10.2. The summed E-state index contributed by atoms with van der Waals surface area (Å²) < 4.78 is 0.148. The maximum absolute atomic E-state index is 12.4. The molecule has 0 bridgehead atoms. The van der Waals surface area contributed by atoms with Crippen molar-refractivity contribution in [1.82, 2.24) is 15.2 Å². The van der Waals surface area contributed by atoms with Crippen molar-refractivity contribution >= 4 is 29.1 Å². The molecule has 0 spiro atoms. The predicted octanol–water partition coefficient (Wildman–Crippen LogP) is 3.44. The van der Waals surface area contributed by atoms with E-state index in [-0.39, 0.29) is 16.8 Å². The van der Waals surface area contributed by atoms with Gasteiger partial charge >= 0.3 is 6.03 Å². The predicted molar refractivity (Wildman–Crippen MR) is 86.5 cm³/mol. The van der Waals surface area contributed by atoms with E-state index in [1.54, 1.807) is 11.3 Å². The van der Waals surface area contributed by atoms with Crippen LogP contribution in [0.15, 0.2) is 6.20 Å². The molecule has 6 heteroatoms. The standard InChI is InChI=1S/C14H23N3OS2/c1-5-11(12-15-8-10(2)20-12)16-13(18)17-6-7-19-14(3,4)9-17/h8,11H,5-7,9H2,1-4H3,(H,16,18)/t11-/m0/s1. The van der Waals surface area contributed by atoms with E-state index in [2.05, 4.69) is 31.1 Å². The summed E-state index contributed by atoms with van der Waals surface area (Å²) in [6.45, 7) is 10.1. The third kappa shape index (κ3) is 3.88. The molecule has 0 aliphatic carbocycles. The summed E-state index contributed by atoms with van der Waals surface area (Å²) in [7, 11) is 0. The Morgan fingerprint density at radius 2 is 2.35 bits per heavy atom. The Labute approximate surface area is 129 Å². The van der Waals surface area contributed by atoms with Gasteiger partial charge in [0.25, 0.3) is 0 Å². The lowest BCUT2D eigenvalue weighted by Gasteiger charge is -2.38. The fourth-order valence-corrected chi connectivity index (χ4v) is 4.32. The summed E-state index contributed by atoms with van der Waals surface area (Å²) in [5.74, 6) is 1.01. The zero-order valence-corrected chi connectivity index (χ0v) is 14.2. The molecule has 0 aromatic carbocycles. The molecule has 4 nitrogen and oxygen atoms in total. The monoisotopic (exact) mass is 313 g/mol. The maximum atomic E-state index is 12.4. The number of thioether (sulfide) groups is 1. The van der Waals surface area contributed by atoms with Gasteiger partial charge in [-0.2, -0.15) is 11.8 Å². The van der Waals surface area contributed by atoms with Crippen LogP contribution in [0.5, 0.6) is 0 Å². The molecule has 112 valence electrons. The molecule has 2 heterocycles. The minimum atomic E-state index is 0.0268. The molecule has 0 saturated carbocycles. The van der Waals surface area contributed by atoms with Crippen LogP contribution in [-0.4, -0.2) is 39.5 Å². The van der Waals surface area contributed by atoms with Crippen LogP contribution in [-0.2, 0) is 0 Å². The number of urea groups is 1. The van der Waals surface area contributed by atoms with Crippen LogP contribution < -0.4 is 5.32 Å². The van der Waals surface area contributed by atoms with Crippen LogP contribution in [0.25, 0.3) is 0 Å². The van der Waals surface area contributed by atoms with Gasteiger partial charge in [0, 0.05) is 34.7 Å². The van der Waals surface area contributed by atoms with Gasteiger partial charge in [-0.25, -0.2) is 9.78 Å². The summed E-state index contributed by atoms with van der Waals surface area (Å²) in [5, 5.41) is 4.13. The zero-order valence-electron chi connectivity index (χ0n) is 12.6. The minimum absolute atomic E-state index is 0.0268. The lowest BCUT2D eigenvalue weighted by Crippen LogP contribution is -2.50. The molecule has 1 aliphatic heterocycles. The molecular formula is C14H23N3OS2. The molecule has 1 atom stereocenters. The van der Waals surface area contributed by atoms with E-state index in [4.69, 9.17) is 0 Å². The van der Waals surface area contributed by atoms with Gasteiger partial charge in [-0.05, 0) is 27.2 Å². The number of nitrogens with one attached hydrogen (secondary N) is 1. The summed E-state index contributed by atoms with van der Waals surface area (Å²) in [5.41, 5.74) is 0. The molecule has 2 amide bonds. The van der Waals surface area contributed by atoms with Gasteiger partial charge in [0.15, 0.2) is 0 Å². The van der Waals surface area contributed by atoms with E-state index in [0.717, 1.165) is 30.3 Å². The first-order valence-corrected chi connectivity index (χ1v) is 8.83. The highest BCUT2D eigenvalue weighted by molar-refractivity contribution is 8.00. The molecule has 1 aromatic rings. The van der Waals surface area contributed by atoms with Gasteiger partial charge in [0.2, 0.25) is 0 Å². The molecular weight excluding hydrogens is 290 g/mol. The van der Waals surface area contributed by atoms with Crippen molar-refractivity contribution in [3.8, 4) is 0 Å². The van der Waals surface area contributed by atoms with Gasteiger partial charge in [-0.15, -0.1) is 11.3 Å². The Kier molecular flexibility index (Phi) is 4.96. The molecule has 1 N–H and O–H groups in total. The average Bonchev–Trinajstić information content (AvgIpc) is 2.81. The number of aryl methyl sites for hydroxylation is 1. The van der Waals surface area contributed by atoms with Crippen LogP contribution in [0.2, 0.25) is 0 Å². The topological polar surface area (TPSA) is 45.2 Å². The van der Waals surface area contributed by atoms with E-state index in [1.807, 2.05) is 29.8 Å². The van der Waals surface area contributed by atoms with Gasteiger partial charge in [-0.1, -0.05) is 6.92 Å². The van der Waals surface area contributed by atoms with Crippen molar-refractivity contribution in [3.05, 3.63) is 16.1 Å². The molecule has 1 aliphatic rings. The Morgan fingerprint density at radius 1 is 1.60 bits per heavy atom. The quantitative estimate of drug-likeness (QED) is 0.930. The second kappa shape index (κ2) is 6.35. The molecule has 1 saturated heterocycles. The van der Waals surface area contributed by atoms with Crippen molar-refractivity contribution in [2.24, 2.45) is 0 Å². The second-order valence-corrected chi connectivity index (χ2v) is 8.82. The number of hydrogen-bond donors (Lipinski definition) is 1. The summed E-state index contributed by atoms with van der Waals surface area (Å²) in [4.78, 5) is 19.9. The average molecular weight is 313 g/mol. The molecule has 1 fully saturated rings. The summed E-state index contributed by atoms with van der Waals surface area (Å²) in [6, 6.07) is 0.0666. The number of rotatable bonds is 3. The van der Waals surface area contributed by atoms with Crippen LogP contribution in [0.1, 0.15) is 43.1 Å². The second-order valence-electron chi connectivity index (χ2n) is 5.75. The number of thiazole rings is 1. The van der Waals surface area contributed by atoms with Crippen molar-refractivity contribution in [3.63, 3.8) is 0 Å².